The predicted octanol–water partition coefficient (Wildman–Crippen LogP) is 3.61. The molecule has 3 aromatic rings. The van der Waals surface area contributed by atoms with Crippen molar-refractivity contribution in [3.05, 3.63) is 71.9 Å². The molecule has 1 aromatic heterocycles. The van der Waals surface area contributed by atoms with E-state index in [1.54, 1.807) is 11.0 Å². The number of ether oxygens (including phenoxy) is 1. The first-order chi connectivity index (χ1) is 16.0. The van der Waals surface area contributed by atoms with Crippen LogP contribution in [-0.4, -0.2) is 54.0 Å². The molecular formula is C26H28N4O3. The van der Waals surface area contributed by atoms with Crippen molar-refractivity contribution in [3.8, 4) is 0 Å². The fourth-order valence-electron chi connectivity index (χ4n) is 4.92. The van der Waals surface area contributed by atoms with Crippen LogP contribution in [0, 0.1) is 6.92 Å². The van der Waals surface area contributed by atoms with Gasteiger partial charge in [-0.05, 0) is 49.2 Å². The van der Waals surface area contributed by atoms with Crippen molar-refractivity contribution in [1.82, 2.24) is 9.88 Å². The maximum absolute atomic E-state index is 12.2. The lowest BCUT2D eigenvalue weighted by Gasteiger charge is -2.46. The van der Waals surface area contributed by atoms with Gasteiger partial charge in [-0.2, -0.15) is 0 Å². The zero-order valence-corrected chi connectivity index (χ0v) is 18.7. The molecule has 2 amide bonds. The van der Waals surface area contributed by atoms with Crippen molar-refractivity contribution in [2.24, 2.45) is 5.73 Å². The molecule has 5 rings (SSSR count). The summed E-state index contributed by atoms with van der Waals surface area (Å²) in [6.45, 7) is 8.30. The second-order valence-corrected chi connectivity index (χ2v) is 8.83. The first-order valence-corrected chi connectivity index (χ1v) is 11.3. The van der Waals surface area contributed by atoms with Crippen molar-refractivity contribution in [1.29, 1.82) is 0 Å². The summed E-state index contributed by atoms with van der Waals surface area (Å²) >= 11 is 0. The Hall–Kier alpha value is -3.58. The van der Waals surface area contributed by atoms with E-state index in [9.17, 15) is 9.59 Å². The van der Waals surface area contributed by atoms with Crippen molar-refractivity contribution in [3.63, 3.8) is 0 Å². The number of anilines is 2. The van der Waals surface area contributed by atoms with Gasteiger partial charge in [0.1, 0.15) is 0 Å². The van der Waals surface area contributed by atoms with E-state index in [2.05, 4.69) is 41.6 Å². The number of aryl methyl sites for hydroxylation is 1. The second-order valence-electron chi connectivity index (χ2n) is 8.83. The standard InChI is InChI=1S/C26H28N4O3/c1-3-24(31)29-13-18(14-29)30(22-7-5-4-6-16(22)2)23-9-8-19(26(27)32)25-20(23)12-21(28-25)17-10-11-33-15-17/h3-9,12,17-18,28H,1,10-11,13-15H2,2H3,(H2,27,32)/t17-/m0/s1. The van der Waals surface area contributed by atoms with Crippen molar-refractivity contribution in [2.75, 3.05) is 31.2 Å². The number of para-hydroxylation sites is 1. The Morgan fingerprint density at radius 3 is 2.67 bits per heavy atom. The molecule has 33 heavy (non-hydrogen) atoms. The first-order valence-electron chi connectivity index (χ1n) is 11.3. The lowest BCUT2D eigenvalue weighted by Crippen LogP contribution is -2.59. The van der Waals surface area contributed by atoms with E-state index in [0.29, 0.717) is 25.3 Å². The van der Waals surface area contributed by atoms with E-state index < -0.39 is 5.91 Å². The van der Waals surface area contributed by atoms with Crippen LogP contribution in [0.15, 0.2) is 55.1 Å². The molecule has 7 heteroatoms. The molecular weight excluding hydrogens is 416 g/mol. The van der Waals surface area contributed by atoms with Crippen molar-refractivity contribution >= 4 is 34.1 Å². The number of nitrogens with one attached hydrogen (secondary N) is 1. The van der Waals surface area contributed by atoms with E-state index in [-0.39, 0.29) is 17.9 Å². The number of benzene rings is 2. The number of aromatic amines is 1. The van der Waals surface area contributed by atoms with E-state index in [4.69, 9.17) is 10.5 Å². The van der Waals surface area contributed by atoms with Gasteiger partial charge in [-0.3, -0.25) is 9.59 Å². The summed E-state index contributed by atoms with van der Waals surface area (Å²) in [4.78, 5) is 31.9. The van der Waals surface area contributed by atoms with Gasteiger partial charge >= 0.3 is 0 Å². The number of amides is 2. The molecule has 0 bridgehead atoms. The average molecular weight is 445 g/mol. The molecule has 2 aliphatic rings. The highest BCUT2D eigenvalue weighted by Gasteiger charge is 2.36. The summed E-state index contributed by atoms with van der Waals surface area (Å²) in [5, 5.41) is 0.949. The SMILES string of the molecule is C=CC(=O)N1CC(N(c2ccccc2C)c2ccc(C(N)=O)c3[nH]c([C@H]4CCOC4)cc23)C1. The highest BCUT2D eigenvalue weighted by atomic mass is 16.5. The molecule has 0 radical (unpaired) electrons. The van der Waals surface area contributed by atoms with Crippen LogP contribution in [0.5, 0.6) is 0 Å². The zero-order chi connectivity index (χ0) is 23.1. The van der Waals surface area contributed by atoms with Crippen LogP contribution >= 0.6 is 0 Å². The minimum absolute atomic E-state index is 0.0598. The number of nitrogens with zero attached hydrogens (tertiary/aromatic N) is 2. The minimum atomic E-state index is -0.462. The maximum atomic E-state index is 12.2. The Balaban J connectivity index is 1.65. The third-order valence-electron chi connectivity index (χ3n) is 6.77. The number of carbonyl (C=O) groups is 2. The van der Waals surface area contributed by atoms with Gasteiger partial charge < -0.3 is 25.3 Å². The number of rotatable bonds is 6. The summed E-state index contributed by atoms with van der Waals surface area (Å²) in [6, 6.07) is 14.2. The van der Waals surface area contributed by atoms with E-state index in [1.165, 1.54) is 6.08 Å². The fourth-order valence-corrected chi connectivity index (χ4v) is 4.92. The van der Waals surface area contributed by atoms with Gasteiger partial charge in [-0.25, -0.2) is 0 Å². The molecule has 2 fully saturated rings. The van der Waals surface area contributed by atoms with Gasteiger partial charge in [0, 0.05) is 42.4 Å². The van der Waals surface area contributed by atoms with Crippen LogP contribution in [0.2, 0.25) is 0 Å². The monoisotopic (exact) mass is 444 g/mol. The van der Waals surface area contributed by atoms with Crippen LogP contribution < -0.4 is 10.6 Å². The Labute approximate surface area is 192 Å². The predicted molar refractivity (Wildman–Crippen MR) is 129 cm³/mol. The number of carbonyl (C=O) groups excluding carboxylic acids is 2. The number of hydrogen-bond acceptors (Lipinski definition) is 4. The van der Waals surface area contributed by atoms with Crippen LogP contribution in [0.3, 0.4) is 0 Å². The number of hydrogen-bond donors (Lipinski definition) is 2. The topological polar surface area (TPSA) is 91.7 Å². The minimum Gasteiger partial charge on any atom is -0.381 e. The second kappa shape index (κ2) is 8.41. The molecule has 2 aromatic carbocycles. The van der Waals surface area contributed by atoms with Gasteiger partial charge in [0.2, 0.25) is 5.91 Å². The zero-order valence-electron chi connectivity index (χ0n) is 18.7. The summed E-state index contributed by atoms with van der Waals surface area (Å²) < 4.78 is 5.59. The maximum Gasteiger partial charge on any atom is 0.250 e. The molecule has 0 saturated carbocycles. The van der Waals surface area contributed by atoms with E-state index >= 15 is 0 Å². The molecule has 1 atom stereocenters. The molecule has 0 unspecified atom stereocenters. The number of fused-ring (bicyclic) bond motifs is 1. The van der Waals surface area contributed by atoms with Crippen LogP contribution in [0.1, 0.15) is 34.0 Å². The lowest BCUT2D eigenvalue weighted by molar-refractivity contribution is -0.130. The molecule has 0 aliphatic carbocycles. The molecule has 7 nitrogen and oxygen atoms in total. The summed E-state index contributed by atoms with van der Waals surface area (Å²) in [5.41, 5.74) is 11.2. The molecule has 2 aliphatic heterocycles. The number of primary amides is 1. The van der Waals surface area contributed by atoms with Gasteiger partial charge in [0.25, 0.3) is 5.91 Å². The van der Waals surface area contributed by atoms with Crippen LogP contribution in [0.4, 0.5) is 11.4 Å². The average Bonchev–Trinajstić information content (AvgIpc) is 3.45. The normalized spacial score (nSPS) is 18.3. The van der Waals surface area contributed by atoms with Gasteiger partial charge in [-0.1, -0.05) is 24.8 Å². The highest BCUT2D eigenvalue weighted by Crippen LogP contribution is 2.40. The summed E-state index contributed by atoms with van der Waals surface area (Å²) in [5.74, 6) is -0.255. The third kappa shape index (κ3) is 3.68. The quantitative estimate of drug-likeness (QED) is 0.568. The first kappa shape index (κ1) is 21.3. The van der Waals surface area contributed by atoms with E-state index in [0.717, 1.165) is 46.6 Å². The highest BCUT2D eigenvalue weighted by molar-refractivity contribution is 6.09. The van der Waals surface area contributed by atoms with Gasteiger partial charge in [0.15, 0.2) is 0 Å². The molecule has 170 valence electrons. The van der Waals surface area contributed by atoms with Gasteiger partial charge in [0.05, 0.1) is 29.4 Å². The van der Waals surface area contributed by atoms with Crippen LogP contribution in [-0.2, 0) is 9.53 Å². The van der Waals surface area contributed by atoms with Crippen LogP contribution in [0.25, 0.3) is 10.9 Å². The third-order valence-corrected chi connectivity index (χ3v) is 6.77. The lowest BCUT2D eigenvalue weighted by atomic mass is 9.99. The molecule has 3 heterocycles. The Morgan fingerprint density at radius 2 is 2.00 bits per heavy atom. The molecule has 2 saturated heterocycles. The van der Waals surface area contributed by atoms with Crippen molar-refractivity contribution < 1.29 is 14.3 Å². The van der Waals surface area contributed by atoms with Crippen molar-refractivity contribution in [2.45, 2.75) is 25.3 Å². The number of H-pyrrole nitrogens is 1. The number of nitrogens with two attached hydrogens (primary N) is 1. The Bertz CT molecular complexity index is 1240. The summed E-state index contributed by atoms with van der Waals surface area (Å²) in [7, 11) is 0. The van der Waals surface area contributed by atoms with Gasteiger partial charge in [-0.15, -0.1) is 0 Å². The Morgan fingerprint density at radius 1 is 1.21 bits per heavy atom. The Kier molecular flexibility index (Phi) is 5.42. The number of aromatic nitrogens is 1. The molecule has 3 N–H and O–H groups in total. The smallest absolute Gasteiger partial charge is 0.250 e. The number of likely N-dealkylation sites (tertiary alicyclic amines) is 1. The fraction of sp³-hybridized carbons (Fsp3) is 0.308. The largest absolute Gasteiger partial charge is 0.381 e. The van der Waals surface area contributed by atoms with E-state index in [1.807, 2.05) is 18.2 Å². The summed E-state index contributed by atoms with van der Waals surface area (Å²) in [6.07, 6.45) is 2.30. The molecule has 0 spiro atoms.